The van der Waals surface area contributed by atoms with E-state index in [1.807, 2.05) is 4.90 Å². The molecular formula is C33H65NO6. The molecule has 7 nitrogen and oxygen atoms in total. The Hall–Kier alpha value is -1.63. The number of rotatable bonds is 29. The van der Waals surface area contributed by atoms with Crippen LogP contribution < -0.4 is 0 Å². The molecule has 3 N–H and O–H groups in total. The quantitative estimate of drug-likeness (QED) is 0.0766. The molecule has 1 atom stereocenters. The first-order chi connectivity index (χ1) is 19.3. The summed E-state index contributed by atoms with van der Waals surface area (Å²) in [5, 5.41) is 26.6. The van der Waals surface area contributed by atoms with Gasteiger partial charge in [-0.2, -0.15) is 0 Å². The molecule has 0 aliphatic rings. The Morgan fingerprint density at radius 1 is 0.475 bits per heavy atom. The number of hydrogen-bond donors (Lipinski definition) is 3. The lowest BCUT2D eigenvalue weighted by Crippen LogP contribution is -2.42. The monoisotopic (exact) mass is 571 g/mol. The molecule has 0 spiro atoms. The second-order valence-corrected chi connectivity index (χ2v) is 11.3. The molecule has 40 heavy (non-hydrogen) atoms. The van der Waals surface area contributed by atoms with Gasteiger partial charge in [0.15, 0.2) is 0 Å². The number of carbonyl (C=O) groups is 3. The Labute approximate surface area is 246 Å². The predicted octanol–water partition coefficient (Wildman–Crippen LogP) is 9.32. The summed E-state index contributed by atoms with van der Waals surface area (Å²) in [4.78, 5) is 34.3. The highest BCUT2D eigenvalue weighted by Gasteiger charge is 2.25. The maximum atomic E-state index is 11.4. The van der Waals surface area contributed by atoms with Crippen molar-refractivity contribution in [2.75, 3.05) is 13.1 Å². The van der Waals surface area contributed by atoms with Crippen molar-refractivity contribution in [1.29, 1.82) is 0 Å². The first-order valence-electron chi connectivity index (χ1n) is 16.7. The summed E-state index contributed by atoms with van der Waals surface area (Å²) in [5.74, 6) is -2.49. The lowest BCUT2D eigenvalue weighted by Gasteiger charge is -2.28. The Balaban J connectivity index is 0. The van der Waals surface area contributed by atoms with E-state index in [0.717, 1.165) is 64.5 Å². The first-order valence-corrected chi connectivity index (χ1v) is 16.7. The molecule has 0 aromatic carbocycles. The van der Waals surface area contributed by atoms with Crippen LogP contribution in [0.25, 0.3) is 0 Å². The molecule has 0 radical (unpaired) electrons. The predicted molar refractivity (Wildman–Crippen MR) is 166 cm³/mol. The average molecular weight is 572 g/mol. The number of carboxylic acid groups (broad SMARTS) is 3. The SMILES string of the molecule is CCCCCCCCCCCCCCCCCC(=O)O.CCCCCN(CCCCC)C(CCC(=O)O)C(=O)O. The van der Waals surface area contributed by atoms with E-state index >= 15 is 0 Å². The highest BCUT2D eigenvalue weighted by molar-refractivity contribution is 5.75. The summed E-state index contributed by atoms with van der Waals surface area (Å²) < 4.78 is 0. The topological polar surface area (TPSA) is 115 Å². The van der Waals surface area contributed by atoms with E-state index in [2.05, 4.69) is 20.8 Å². The van der Waals surface area contributed by atoms with E-state index in [9.17, 15) is 19.5 Å². The molecule has 0 heterocycles. The van der Waals surface area contributed by atoms with Gasteiger partial charge in [0, 0.05) is 12.8 Å². The molecule has 0 saturated carbocycles. The fraction of sp³-hybridized carbons (Fsp3) is 0.909. The highest BCUT2D eigenvalue weighted by Crippen LogP contribution is 2.14. The fourth-order valence-electron chi connectivity index (χ4n) is 4.92. The van der Waals surface area contributed by atoms with Crippen molar-refractivity contribution in [3.05, 3.63) is 0 Å². The van der Waals surface area contributed by atoms with Gasteiger partial charge in [0.1, 0.15) is 6.04 Å². The van der Waals surface area contributed by atoms with E-state index < -0.39 is 23.9 Å². The van der Waals surface area contributed by atoms with Crippen molar-refractivity contribution >= 4 is 17.9 Å². The van der Waals surface area contributed by atoms with E-state index in [4.69, 9.17) is 10.2 Å². The van der Waals surface area contributed by atoms with E-state index in [-0.39, 0.29) is 12.8 Å². The smallest absolute Gasteiger partial charge is 0.320 e. The highest BCUT2D eigenvalue weighted by atomic mass is 16.4. The van der Waals surface area contributed by atoms with Crippen LogP contribution in [0.3, 0.4) is 0 Å². The molecule has 0 aliphatic heterocycles. The Morgan fingerprint density at radius 3 is 1.12 bits per heavy atom. The van der Waals surface area contributed by atoms with Gasteiger partial charge in [0.25, 0.3) is 0 Å². The van der Waals surface area contributed by atoms with Gasteiger partial charge in [-0.15, -0.1) is 0 Å². The van der Waals surface area contributed by atoms with Gasteiger partial charge in [-0.05, 0) is 38.8 Å². The van der Waals surface area contributed by atoms with Gasteiger partial charge in [-0.25, -0.2) is 0 Å². The van der Waals surface area contributed by atoms with Crippen LogP contribution in [0.1, 0.15) is 175 Å². The summed E-state index contributed by atoms with van der Waals surface area (Å²) in [6.45, 7) is 7.98. The zero-order chi connectivity index (χ0) is 30.3. The molecule has 0 bridgehead atoms. The van der Waals surface area contributed by atoms with Crippen LogP contribution in [0, 0.1) is 0 Å². The molecule has 7 heteroatoms. The number of carboxylic acids is 3. The summed E-state index contributed by atoms with van der Waals surface area (Å²) >= 11 is 0. The minimum Gasteiger partial charge on any atom is -0.481 e. The molecule has 0 rings (SSSR count). The fourth-order valence-corrected chi connectivity index (χ4v) is 4.92. The summed E-state index contributed by atoms with van der Waals surface area (Å²) in [5.41, 5.74) is 0. The van der Waals surface area contributed by atoms with Crippen molar-refractivity contribution in [3.63, 3.8) is 0 Å². The molecule has 0 fully saturated rings. The maximum absolute atomic E-state index is 11.4. The summed E-state index contributed by atoms with van der Waals surface area (Å²) in [6, 6.07) is -0.667. The third-order valence-corrected chi connectivity index (χ3v) is 7.45. The van der Waals surface area contributed by atoms with Crippen molar-refractivity contribution in [3.8, 4) is 0 Å². The van der Waals surface area contributed by atoms with Crippen molar-refractivity contribution in [1.82, 2.24) is 4.90 Å². The van der Waals surface area contributed by atoms with E-state index in [1.165, 1.54) is 83.5 Å². The van der Waals surface area contributed by atoms with Crippen LogP contribution in [0.15, 0.2) is 0 Å². The largest absolute Gasteiger partial charge is 0.481 e. The zero-order valence-electron chi connectivity index (χ0n) is 26.5. The van der Waals surface area contributed by atoms with Crippen molar-refractivity contribution in [2.45, 2.75) is 181 Å². The summed E-state index contributed by atoms with van der Waals surface area (Å²) in [6.07, 6.45) is 26.6. The average Bonchev–Trinajstić information content (AvgIpc) is 2.90. The second-order valence-electron chi connectivity index (χ2n) is 11.3. The van der Waals surface area contributed by atoms with E-state index in [0.29, 0.717) is 6.42 Å². The van der Waals surface area contributed by atoms with Gasteiger partial charge >= 0.3 is 17.9 Å². The van der Waals surface area contributed by atoms with Gasteiger partial charge in [0.2, 0.25) is 0 Å². The number of aliphatic carboxylic acids is 3. The maximum Gasteiger partial charge on any atom is 0.320 e. The number of unbranched alkanes of at least 4 members (excludes halogenated alkanes) is 18. The van der Waals surface area contributed by atoms with Gasteiger partial charge in [-0.3, -0.25) is 19.3 Å². The van der Waals surface area contributed by atoms with Crippen molar-refractivity contribution < 1.29 is 29.7 Å². The Kier molecular flexibility index (Phi) is 32.3. The lowest BCUT2D eigenvalue weighted by molar-refractivity contribution is -0.144. The van der Waals surface area contributed by atoms with Crippen LogP contribution in [0.2, 0.25) is 0 Å². The molecular weight excluding hydrogens is 506 g/mol. The molecule has 0 aromatic rings. The van der Waals surface area contributed by atoms with Crippen LogP contribution in [-0.4, -0.2) is 57.3 Å². The lowest BCUT2D eigenvalue weighted by atomic mass is 10.0. The van der Waals surface area contributed by atoms with Crippen LogP contribution >= 0.6 is 0 Å². The van der Waals surface area contributed by atoms with Gasteiger partial charge < -0.3 is 15.3 Å². The third-order valence-electron chi connectivity index (χ3n) is 7.45. The molecule has 1 unspecified atom stereocenters. The minimum absolute atomic E-state index is 0.0883. The standard InChI is InChI=1S/C18H36O2.C15H29NO4/c1-2-3-4-5-6-7-8-9-10-11-12-13-14-15-16-17-18(19)20;1-3-5-7-11-16(12-8-6-4-2)13(15(19)20)9-10-14(17)18/h2-17H2,1H3,(H,19,20);13H,3-12H2,1-2H3,(H,17,18)(H,19,20). The molecule has 0 amide bonds. The van der Waals surface area contributed by atoms with Gasteiger partial charge in [-0.1, -0.05) is 136 Å². The Bertz CT molecular complexity index is 573. The Morgan fingerprint density at radius 2 is 0.800 bits per heavy atom. The first kappa shape index (κ1) is 40.5. The van der Waals surface area contributed by atoms with Crippen LogP contribution in [0.4, 0.5) is 0 Å². The van der Waals surface area contributed by atoms with Gasteiger partial charge in [0.05, 0.1) is 0 Å². The number of nitrogens with zero attached hydrogens (tertiary/aromatic N) is 1. The number of hydrogen-bond acceptors (Lipinski definition) is 4. The van der Waals surface area contributed by atoms with E-state index in [1.54, 1.807) is 0 Å². The second kappa shape index (κ2) is 31.9. The molecule has 0 aromatic heterocycles. The molecule has 0 aliphatic carbocycles. The van der Waals surface area contributed by atoms with Crippen molar-refractivity contribution in [2.24, 2.45) is 0 Å². The van der Waals surface area contributed by atoms with Crippen LogP contribution in [0.5, 0.6) is 0 Å². The molecule has 238 valence electrons. The third kappa shape index (κ3) is 30.9. The normalized spacial score (nSPS) is 11.7. The zero-order valence-corrected chi connectivity index (χ0v) is 26.5. The summed E-state index contributed by atoms with van der Waals surface area (Å²) in [7, 11) is 0. The van der Waals surface area contributed by atoms with Crippen LogP contribution in [-0.2, 0) is 14.4 Å². The molecule has 0 saturated heterocycles. The minimum atomic E-state index is -0.932.